The fourth-order valence-electron chi connectivity index (χ4n) is 3.03. The van der Waals surface area contributed by atoms with E-state index in [1.54, 1.807) is 11.3 Å². The molecule has 0 fully saturated rings. The van der Waals surface area contributed by atoms with Crippen molar-refractivity contribution in [3.05, 3.63) is 69.0 Å². The van der Waals surface area contributed by atoms with E-state index in [1.165, 1.54) is 11.1 Å². The Morgan fingerprint density at radius 3 is 2.54 bits per heavy atom. The van der Waals surface area contributed by atoms with Crippen LogP contribution in [-0.2, 0) is 11.2 Å². The van der Waals surface area contributed by atoms with E-state index >= 15 is 0 Å². The SMILES string of the molecule is Cc1cc(C)c(C)c(OCC(=O)NCCc2ccc(-c3csc(C)n3)cc2)c1. The molecule has 0 saturated carbocycles. The van der Waals surface area contributed by atoms with Crippen LogP contribution in [0.15, 0.2) is 41.8 Å². The molecule has 1 heterocycles. The summed E-state index contributed by atoms with van der Waals surface area (Å²) < 4.78 is 5.71. The third kappa shape index (κ3) is 5.20. The van der Waals surface area contributed by atoms with Crippen LogP contribution in [0.5, 0.6) is 5.75 Å². The summed E-state index contributed by atoms with van der Waals surface area (Å²) in [5, 5.41) is 6.07. The van der Waals surface area contributed by atoms with Crippen molar-refractivity contribution >= 4 is 17.2 Å². The van der Waals surface area contributed by atoms with Crippen molar-refractivity contribution in [1.29, 1.82) is 0 Å². The number of thiazole rings is 1. The van der Waals surface area contributed by atoms with Gasteiger partial charge in [-0.3, -0.25) is 4.79 Å². The van der Waals surface area contributed by atoms with Gasteiger partial charge in [-0.05, 0) is 62.4 Å². The average Bonchev–Trinajstić information content (AvgIpc) is 3.10. The molecule has 1 amide bonds. The third-order valence-electron chi connectivity index (χ3n) is 4.73. The first-order valence-corrected chi connectivity index (χ1v) is 10.3. The fraction of sp³-hybridized carbons (Fsp3) is 0.304. The lowest BCUT2D eigenvalue weighted by Crippen LogP contribution is -2.30. The molecule has 3 rings (SSSR count). The van der Waals surface area contributed by atoms with Crippen LogP contribution in [0.2, 0.25) is 0 Å². The largest absolute Gasteiger partial charge is 0.483 e. The van der Waals surface area contributed by atoms with Crippen molar-refractivity contribution in [1.82, 2.24) is 10.3 Å². The maximum atomic E-state index is 12.1. The van der Waals surface area contributed by atoms with Crippen molar-refractivity contribution in [3.8, 4) is 17.0 Å². The Balaban J connectivity index is 1.45. The summed E-state index contributed by atoms with van der Waals surface area (Å²) in [7, 11) is 0. The molecule has 2 aromatic carbocycles. The number of amides is 1. The normalized spacial score (nSPS) is 10.7. The molecule has 0 bridgehead atoms. The van der Waals surface area contributed by atoms with Crippen LogP contribution in [-0.4, -0.2) is 24.0 Å². The second kappa shape index (κ2) is 9.02. The number of rotatable bonds is 7. The summed E-state index contributed by atoms with van der Waals surface area (Å²) >= 11 is 1.66. The molecule has 0 aliphatic rings. The molecule has 1 aromatic heterocycles. The number of ether oxygens (including phenoxy) is 1. The lowest BCUT2D eigenvalue weighted by molar-refractivity contribution is -0.123. The zero-order chi connectivity index (χ0) is 20.1. The number of hydrogen-bond acceptors (Lipinski definition) is 4. The first-order chi connectivity index (χ1) is 13.4. The number of nitrogens with zero attached hydrogens (tertiary/aromatic N) is 1. The molecule has 0 aliphatic heterocycles. The molecular formula is C23H26N2O2S. The van der Waals surface area contributed by atoms with Crippen LogP contribution in [0.3, 0.4) is 0 Å². The molecule has 1 N–H and O–H groups in total. The molecule has 5 heteroatoms. The zero-order valence-electron chi connectivity index (χ0n) is 16.8. The Kier molecular flexibility index (Phi) is 6.47. The minimum atomic E-state index is -0.104. The van der Waals surface area contributed by atoms with Crippen molar-refractivity contribution < 1.29 is 9.53 Å². The van der Waals surface area contributed by atoms with Gasteiger partial charge in [0.15, 0.2) is 6.61 Å². The highest BCUT2D eigenvalue weighted by atomic mass is 32.1. The lowest BCUT2D eigenvalue weighted by Gasteiger charge is -2.12. The topological polar surface area (TPSA) is 51.2 Å². The fourth-order valence-corrected chi connectivity index (χ4v) is 3.65. The lowest BCUT2D eigenvalue weighted by atomic mass is 10.1. The minimum Gasteiger partial charge on any atom is -0.483 e. The maximum Gasteiger partial charge on any atom is 0.257 e. The second-order valence-corrected chi connectivity index (χ2v) is 8.10. The molecule has 4 nitrogen and oxygen atoms in total. The van der Waals surface area contributed by atoms with E-state index in [4.69, 9.17) is 4.74 Å². The Labute approximate surface area is 170 Å². The Morgan fingerprint density at radius 2 is 1.86 bits per heavy atom. The molecule has 0 radical (unpaired) electrons. The van der Waals surface area contributed by atoms with E-state index < -0.39 is 0 Å². The number of hydrogen-bond donors (Lipinski definition) is 1. The molecule has 0 atom stereocenters. The van der Waals surface area contributed by atoms with Crippen LogP contribution in [0.1, 0.15) is 27.3 Å². The second-order valence-electron chi connectivity index (χ2n) is 7.04. The van der Waals surface area contributed by atoms with Gasteiger partial charge in [0.25, 0.3) is 5.91 Å². The molecule has 0 spiro atoms. The molecule has 0 unspecified atom stereocenters. The Morgan fingerprint density at radius 1 is 1.11 bits per heavy atom. The molecular weight excluding hydrogens is 368 g/mol. The van der Waals surface area contributed by atoms with Crippen LogP contribution >= 0.6 is 11.3 Å². The number of nitrogens with one attached hydrogen (secondary N) is 1. The summed E-state index contributed by atoms with van der Waals surface area (Å²) in [6.45, 7) is 8.72. The Hall–Kier alpha value is -2.66. The third-order valence-corrected chi connectivity index (χ3v) is 5.50. The van der Waals surface area contributed by atoms with Gasteiger partial charge in [0.1, 0.15) is 5.75 Å². The first kappa shape index (κ1) is 20.1. The van der Waals surface area contributed by atoms with Gasteiger partial charge in [0.2, 0.25) is 0 Å². The van der Waals surface area contributed by atoms with Crippen molar-refractivity contribution in [2.24, 2.45) is 0 Å². The summed E-state index contributed by atoms with van der Waals surface area (Å²) in [4.78, 5) is 16.6. The van der Waals surface area contributed by atoms with Crippen molar-refractivity contribution in [2.75, 3.05) is 13.2 Å². The van der Waals surface area contributed by atoms with Gasteiger partial charge in [-0.15, -0.1) is 11.3 Å². The summed E-state index contributed by atoms with van der Waals surface area (Å²) in [6.07, 6.45) is 0.782. The van der Waals surface area contributed by atoms with E-state index in [0.717, 1.165) is 39.6 Å². The summed E-state index contributed by atoms with van der Waals surface area (Å²) in [5.41, 5.74) is 6.70. The number of benzene rings is 2. The van der Waals surface area contributed by atoms with Gasteiger partial charge in [0, 0.05) is 17.5 Å². The number of carbonyl (C=O) groups is 1. The predicted octanol–water partition coefficient (Wildman–Crippen LogP) is 4.78. The van der Waals surface area contributed by atoms with Crippen LogP contribution in [0.25, 0.3) is 11.3 Å². The van der Waals surface area contributed by atoms with Gasteiger partial charge < -0.3 is 10.1 Å². The van der Waals surface area contributed by atoms with E-state index in [2.05, 4.69) is 52.9 Å². The van der Waals surface area contributed by atoms with Gasteiger partial charge in [-0.1, -0.05) is 30.3 Å². The van der Waals surface area contributed by atoms with Gasteiger partial charge in [-0.2, -0.15) is 0 Å². The molecule has 3 aromatic rings. The van der Waals surface area contributed by atoms with Crippen LogP contribution in [0.4, 0.5) is 0 Å². The van der Waals surface area contributed by atoms with E-state index in [1.807, 2.05) is 26.8 Å². The van der Waals surface area contributed by atoms with Crippen LogP contribution < -0.4 is 10.1 Å². The highest BCUT2D eigenvalue weighted by Crippen LogP contribution is 2.23. The zero-order valence-corrected chi connectivity index (χ0v) is 17.7. The standard InChI is InChI=1S/C23H26N2O2S/c1-15-11-16(2)17(3)22(12-15)27-13-23(26)24-10-9-19-5-7-20(8-6-19)21-14-28-18(4)25-21/h5-8,11-12,14H,9-10,13H2,1-4H3,(H,24,26). The summed E-state index contributed by atoms with van der Waals surface area (Å²) in [6, 6.07) is 12.4. The first-order valence-electron chi connectivity index (χ1n) is 9.41. The minimum absolute atomic E-state index is 0.0336. The highest BCUT2D eigenvalue weighted by molar-refractivity contribution is 7.09. The molecule has 146 valence electrons. The van der Waals surface area contributed by atoms with Crippen molar-refractivity contribution in [3.63, 3.8) is 0 Å². The molecule has 0 saturated heterocycles. The summed E-state index contributed by atoms with van der Waals surface area (Å²) in [5.74, 6) is 0.675. The number of aryl methyl sites for hydroxylation is 3. The quantitative estimate of drug-likeness (QED) is 0.627. The number of carbonyl (C=O) groups excluding carboxylic acids is 1. The van der Waals surface area contributed by atoms with E-state index in [9.17, 15) is 4.79 Å². The van der Waals surface area contributed by atoms with Gasteiger partial charge in [0.05, 0.1) is 10.7 Å². The average molecular weight is 395 g/mol. The predicted molar refractivity (Wildman–Crippen MR) is 115 cm³/mol. The van der Waals surface area contributed by atoms with Crippen molar-refractivity contribution in [2.45, 2.75) is 34.1 Å². The molecule has 28 heavy (non-hydrogen) atoms. The van der Waals surface area contributed by atoms with E-state index in [0.29, 0.717) is 6.54 Å². The molecule has 0 aliphatic carbocycles. The monoisotopic (exact) mass is 394 g/mol. The van der Waals surface area contributed by atoms with E-state index in [-0.39, 0.29) is 12.5 Å². The Bertz CT molecular complexity index is 961. The number of aromatic nitrogens is 1. The van der Waals surface area contributed by atoms with Gasteiger partial charge >= 0.3 is 0 Å². The van der Waals surface area contributed by atoms with Crippen LogP contribution in [0, 0.1) is 27.7 Å². The highest BCUT2D eigenvalue weighted by Gasteiger charge is 2.08. The maximum absolute atomic E-state index is 12.1. The smallest absolute Gasteiger partial charge is 0.257 e. The van der Waals surface area contributed by atoms with Gasteiger partial charge in [-0.25, -0.2) is 4.98 Å².